The van der Waals surface area contributed by atoms with Crippen LogP contribution in [0.2, 0.25) is 1.41 Å². The minimum Gasteiger partial charge on any atom is -0.370 e. The number of nitrogens with two attached hydrogens (primary N) is 1. The van der Waals surface area contributed by atoms with Crippen molar-refractivity contribution in [2.24, 2.45) is 5.73 Å². The van der Waals surface area contributed by atoms with Gasteiger partial charge in [-0.15, -0.1) is 0 Å². The SMILES string of the molecule is CC(N)=O.CCCC.[3H]C(=O)[C@H](CS)NN[C@@H](CS)C(=O)C(C)=O.[3H]N. The Morgan fingerprint density at radius 3 is 1.79 bits per heavy atom. The van der Waals surface area contributed by atoms with Gasteiger partial charge in [0.2, 0.25) is 11.7 Å². The van der Waals surface area contributed by atoms with Gasteiger partial charge in [0.15, 0.2) is 5.78 Å². The number of hydrogen-bond acceptors (Lipinski definition) is 9. The quantitative estimate of drug-likeness (QED) is 0.145. The van der Waals surface area contributed by atoms with Gasteiger partial charge in [-0.1, -0.05) is 26.7 Å². The average Bonchev–Trinajstić information content (AvgIpc) is 2.59. The molecule has 0 unspecified atom stereocenters. The standard InChI is InChI=1S/C8H14N2O3S2.C4H10.C2H5NO.H3N/c1-5(12)8(13)7(4-15)10-9-6(2-11)3-14;1-3-4-2;1-2(3)4;/h2,6-7,9-10,14-15H,3-4H2,1H3;3-4H2,1-2H3;1H3,(H2,3,4);1H3/t6-,7+;;;/m1.../s1/i2T;;;/hT. The summed E-state index contributed by atoms with van der Waals surface area (Å²) in [5.41, 5.74) is 9.44. The number of nitrogens with one attached hydrogen (secondary N) is 2. The minimum absolute atomic E-state index is 0.108. The van der Waals surface area contributed by atoms with Crippen LogP contribution in [-0.2, 0) is 19.2 Å². The average molecular weight is 389 g/mol. The number of thiol groups is 2. The first-order chi connectivity index (χ1) is 12.1. The Kier molecular flexibility index (Phi) is 23.3. The number of hydrogen-bond donors (Lipinski definition) is 6. The van der Waals surface area contributed by atoms with Crippen LogP contribution in [0.4, 0.5) is 0 Å². The van der Waals surface area contributed by atoms with Crippen LogP contribution in [0, 0.1) is 0 Å². The summed E-state index contributed by atoms with van der Waals surface area (Å²) >= 11 is 7.77. The lowest BCUT2D eigenvalue weighted by atomic mass is 10.1. The van der Waals surface area contributed by atoms with Gasteiger partial charge in [0.1, 0.15) is 9.04 Å². The van der Waals surface area contributed by atoms with Gasteiger partial charge in [0.05, 0.1) is 12.1 Å². The Labute approximate surface area is 158 Å². The highest BCUT2D eigenvalue weighted by molar-refractivity contribution is 7.80. The molecule has 0 saturated heterocycles. The lowest BCUT2D eigenvalue weighted by Crippen LogP contribution is -2.53. The van der Waals surface area contributed by atoms with E-state index in [0.29, 0.717) is 0 Å². The first-order valence-electron chi connectivity index (χ1n) is 8.20. The summed E-state index contributed by atoms with van der Waals surface area (Å²) in [6.07, 6.45) is 5.54. The molecule has 8 nitrogen and oxygen atoms in total. The largest absolute Gasteiger partial charge is 0.370 e. The molecule has 0 aliphatic carbocycles. The zero-order valence-electron chi connectivity index (χ0n) is 16.7. The molecular weight excluding hydrogens is 352 g/mol. The van der Waals surface area contributed by atoms with E-state index in [4.69, 9.17) is 2.78 Å². The zero-order valence-corrected chi connectivity index (χ0v) is 16.5. The van der Waals surface area contributed by atoms with Gasteiger partial charge in [-0.3, -0.25) is 14.4 Å². The normalized spacial score (nSPS) is 12.1. The van der Waals surface area contributed by atoms with Crippen molar-refractivity contribution in [1.82, 2.24) is 17.0 Å². The van der Waals surface area contributed by atoms with E-state index in [1.165, 1.54) is 19.8 Å². The summed E-state index contributed by atoms with van der Waals surface area (Å²) in [7, 11) is 0. The third kappa shape index (κ3) is 23.3. The molecule has 0 radical (unpaired) electrons. The lowest BCUT2D eigenvalue weighted by molar-refractivity contribution is -0.136. The predicted molar refractivity (Wildman–Crippen MR) is 104 cm³/mol. The van der Waals surface area contributed by atoms with Crippen molar-refractivity contribution >= 4 is 49.0 Å². The van der Waals surface area contributed by atoms with Crippen LogP contribution in [0.1, 0.15) is 41.9 Å². The molecule has 0 rings (SSSR count). The van der Waals surface area contributed by atoms with E-state index in [2.05, 4.69) is 61.8 Å². The number of unbranched alkanes of at least 4 members (excludes halogenated alkanes) is 1. The van der Waals surface area contributed by atoms with E-state index in [0.717, 1.165) is 6.92 Å². The molecule has 0 aromatic carbocycles. The number of ketones is 2. The molecule has 10 heteroatoms. The number of carbonyl (C=O) groups excluding carboxylic acids is 4. The second-order valence-electron chi connectivity index (χ2n) is 4.41. The Morgan fingerprint density at radius 2 is 1.58 bits per heavy atom. The van der Waals surface area contributed by atoms with E-state index in [1.807, 2.05) is 0 Å². The highest BCUT2D eigenvalue weighted by Gasteiger charge is 2.21. The molecule has 24 heavy (non-hydrogen) atoms. The summed E-state index contributed by atoms with van der Waals surface area (Å²) in [4.78, 5) is 42.1. The number of carbonyl (C=O) groups is 4. The fourth-order valence-corrected chi connectivity index (χ4v) is 1.18. The Balaban J connectivity index is -0.000000200. The van der Waals surface area contributed by atoms with Crippen LogP contribution in [0.25, 0.3) is 0 Å². The Bertz CT molecular complexity index is 399. The molecule has 0 heterocycles. The summed E-state index contributed by atoms with van der Waals surface area (Å²) in [5, 5.41) is 0. The smallest absolute Gasteiger partial charge is 0.217 e. The van der Waals surface area contributed by atoms with Gasteiger partial charge in [-0.05, 0) is 0 Å². The van der Waals surface area contributed by atoms with E-state index in [1.54, 1.807) is 0 Å². The molecule has 2 atom stereocenters. The Hall–Kier alpha value is -0.940. The van der Waals surface area contributed by atoms with Crippen LogP contribution in [0.5, 0.6) is 0 Å². The lowest BCUT2D eigenvalue weighted by Gasteiger charge is -2.17. The number of primary amides is 1. The molecule has 1 amide bonds. The first-order valence-corrected chi connectivity index (χ1v) is 8.39. The highest BCUT2D eigenvalue weighted by atomic mass is 32.1. The van der Waals surface area contributed by atoms with Crippen molar-refractivity contribution in [3.05, 3.63) is 0 Å². The molecule has 7 N–H and O–H groups in total. The Morgan fingerprint density at radius 1 is 1.17 bits per heavy atom. The van der Waals surface area contributed by atoms with Crippen molar-refractivity contribution in [2.45, 2.75) is 52.6 Å². The van der Waals surface area contributed by atoms with Crippen LogP contribution >= 0.6 is 25.3 Å². The van der Waals surface area contributed by atoms with Gasteiger partial charge in [0, 0.05) is 25.4 Å². The number of Topliss-reactive ketones (excluding diaryl/α,β-unsaturated/α-hetero) is 2. The number of hydrazine groups is 1. The van der Waals surface area contributed by atoms with Gasteiger partial charge in [0.25, 0.3) is 0 Å². The maximum atomic E-state index is 11.3. The summed E-state index contributed by atoms with van der Waals surface area (Å²) < 4.78 is 12.1. The summed E-state index contributed by atoms with van der Waals surface area (Å²) in [5.74, 6) is -1.33. The van der Waals surface area contributed by atoms with Crippen molar-refractivity contribution in [3.8, 4) is 0 Å². The number of amides is 1. The third-order valence-electron chi connectivity index (χ3n) is 2.10. The molecule has 0 fully saturated rings. The van der Waals surface area contributed by atoms with Crippen LogP contribution in [0.3, 0.4) is 0 Å². The first kappa shape index (κ1) is 25.3. The monoisotopic (exact) mass is 388 g/mol. The second kappa shape index (κ2) is 22.1. The van der Waals surface area contributed by atoms with Crippen molar-refractivity contribution in [3.63, 3.8) is 0 Å². The van der Waals surface area contributed by atoms with E-state index >= 15 is 0 Å². The minimum atomic E-state index is -0.851. The van der Waals surface area contributed by atoms with Gasteiger partial charge in [-0.2, -0.15) is 25.3 Å². The van der Waals surface area contributed by atoms with Crippen LogP contribution in [0.15, 0.2) is 0 Å². The zero-order chi connectivity index (χ0) is 21.7. The molecule has 0 aliphatic rings. The topological polar surface area (TPSA) is 153 Å². The molecule has 0 bridgehead atoms. The summed E-state index contributed by atoms with van der Waals surface area (Å²) in [6.45, 7) is 6.83. The molecule has 0 saturated carbocycles. The van der Waals surface area contributed by atoms with E-state index < -0.39 is 29.9 Å². The predicted octanol–water partition coefficient (Wildman–Crippen LogP) is 0.494. The van der Waals surface area contributed by atoms with Crippen LogP contribution in [-0.4, -0.2) is 47.3 Å². The molecule has 144 valence electrons. The van der Waals surface area contributed by atoms with Gasteiger partial charge >= 0.3 is 0 Å². The van der Waals surface area contributed by atoms with Crippen molar-refractivity contribution in [2.75, 3.05) is 11.5 Å². The molecule has 0 aromatic heterocycles. The van der Waals surface area contributed by atoms with Crippen LogP contribution < -0.4 is 22.7 Å². The number of rotatable bonds is 9. The highest BCUT2D eigenvalue weighted by Crippen LogP contribution is 1.91. The molecule has 0 spiro atoms. The molecule has 0 aliphatic heterocycles. The van der Waals surface area contributed by atoms with Crippen molar-refractivity contribution in [1.29, 1.82) is 0 Å². The van der Waals surface area contributed by atoms with Crippen molar-refractivity contribution < 1.29 is 22.0 Å². The van der Waals surface area contributed by atoms with Gasteiger partial charge < -0.3 is 16.7 Å². The maximum Gasteiger partial charge on any atom is 0.217 e. The fraction of sp³-hybridized carbons (Fsp3) is 0.714. The summed E-state index contributed by atoms with van der Waals surface area (Å²) in [6, 6.07) is -1.65. The second-order valence-corrected chi connectivity index (χ2v) is 5.14. The molecular formula is C14H32N4O4S2. The molecule has 0 aromatic rings. The van der Waals surface area contributed by atoms with E-state index in [-0.39, 0.29) is 17.4 Å². The maximum absolute atomic E-state index is 11.3. The van der Waals surface area contributed by atoms with E-state index in [9.17, 15) is 19.2 Å². The fourth-order valence-electron chi connectivity index (χ4n) is 0.753. The third-order valence-corrected chi connectivity index (χ3v) is 2.83. The number of aldehydes is 1. The van der Waals surface area contributed by atoms with Gasteiger partial charge in [-0.25, -0.2) is 10.9 Å².